The fraction of sp³-hybridized carbons (Fsp3) is 0.286. The summed E-state index contributed by atoms with van der Waals surface area (Å²) in [7, 11) is 0. The fourth-order valence-electron chi connectivity index (χ4n) is 1.91. The Morgan fingerprint density at radius 2 is 1.95 bits per heavy atom. The van der Waals surface area contributed by atoms with E-state index in [2.05, 4.69) is 9.89 Å². The average molecular weight is 299 g/mol. The van der Waals surface area contributed by atoms with E-state index in [-0.39, 0.29) is 22.7 Å². The highest BCUT2D eigenvalue weighted by atomic mass is 19.4. The zero-order valence-electron chi connectivity index (χ0n) is 11.3. The van der Waals surface area contributed by atoms with Crippen LogP contribution in [0.25, 0.3) is 11.3 Å². The van der Waals surface area contributed by atoms with Crippen molar-refractivity contribution in [1.29, 1.82) is 0 Å². The SMILES string of the molecule is CC(C)c1onc(-c2ccccc2OC(F)(F)F)c1C=O. The monoisotopic (exact) mass is 299 g/mol. The first-order valence-electron chi connectivity index (χ1n) is 6.13. The number of hydrogen-bond acceptors (Lipinski definition) is 4. The molecule has 0 radical (unpaired) electrons. The molecule has 1 aromatic carbocycles. The number of aldehydes is 1. The largest absolute Gasteiger partial charge is 0.573 e. The Hall–Kier alpha value is -2.31. The Kier molecular flexibility index (Phi) is 4.02. The summed E-state index contributed by atoms with van der Waals surface area (Å²) in [6, 6.07) is 5.46. The van der Waals surface area contributed by atoms with Gasteiger partial charge in [0.15, 0.2) is 6.29 Å². The second-order valence-corrected chi connectivity index (χ2v) is 4.63. The van der Waals surface area contributed by atoms with E-state index in [0.29, 0.717) is 12.0 Å². The van der Waals surface area contributed by atoms with Crippen LogP contribution < -0.4 is 4.74 Å². The number of carbonyl (C=O) groups is 1. The van der Waals surface area contributed by atoms with Crippen molar-refractivity contribution in [3.8, 4) is 17.0 Å². The van der Waals surface area contributed by atoms with E-state index in [0.717, 1.165) is 6.07 Å². The number of hydrogen-bond donors (Lipinski definition) is 0. The first-order chi connectivity index (χ1) is 9.83. The van der Waals surface area contributed by atoms with Crippen molar-refractivity contribution in [2.24, 2.45) is 0 Å². The Labute approximate surface area is 118 Å². The molecule has 2 rings (SSSR count). The third-order valence-electron chi connectivity index (χ3n) is 2.77. The lowest BCUT2D eigenvalue weighted by Gasteiger charge is -2.11. The minimum absolute atomic E-state index is 0.0357. The van der Waals surface area contributed by atoms with Crippen LogP contribution in [0.15, 0.2) is 28.8 Å². The molecule has 0 aliphatic rings. The Morgan fingerprint density at radius 1 is 1.29 bits per heavy atom. The van der Waals surface area contributed by atoms with Gasteiger partial charge in [-0.2, -0.15) is 0 Å². The maximum absolute atomic E-state index is 12.4. The molecule has 1 heterocycles. The quantitative estimate of drug-likeness (QED) is 0.795. The van der Waals surface area contributed by atoms with Gasteiger partial charge in [-0.3, -0.25) is 4.79 Å². The number of aromatic nitrogens is 1. The molecule has 0 spiro atoms. The van der Waals surface area contributed by atoms with Gasteiger partial charge < -0.3 is 9.26 Å². The van der Waals surface area contributed by atoms with Crippen LogP contribution in [0.5, 0.6) is 5.75 Å². The Balaban J connectivity index is 2.55. The second kappa shape index (κ2) is 5.59. The van der Waals surface area contributed by atoms with Crippen LogP contribution in [0.4, 0.5) is 13.2 Å². The van der Waals surface area contributed by atoms with Crippen LogP contribution in [0.1, 0.15) is 35.9 Å². The van der Waals surface area contributed by atoms with E-state index in [1.807, 2.05) is 0 Å². The molecule has 2 aromatic rings. The maximum Gasteiger partial charge on any atom is 0.573 e. The predicted octanol–water partition coefficient (Wildman–Crippen LogP) is 4.18. The highest BCUT2D eigenvalue weighted by Gasteiger charge is 2.33. The fourth-order valence-corrected chi connectivity index (χ4v) is 1.91. The van der Waals surface area contributed by atoms with Crippen molar-refractivity contribution in [3.05, 3.63) is 35.6 Å². The molecule has 0 N–H and O–H groups in total. The number of halogens is 3. The lowest BCUT2D eigenvalue weighted by atomic mass is 10.0. The van der Waals surface area contributed by atoms with Crippen LogP contribution in [-0.2, 0) is 0 Å². The molecule has 0 unspecified atom stereocenters. The normalized spacial score (nSPS) is 11.7. The molecule has 1 aromatic heterocycles. The number of ether oxygens (including phenoxy) is 1. The third-order valence-corrected chi connectivity index (χ3v) is 2.77. The summed E-state index contributed by atoms with van der Waals surface area (Å²) >= 11 is 0. The lowest BCUT2D eigenvalue weighted by molar-refractivity contribution is -0.274. The summed E-state index contributed by atoms with van der Waals surface area (Å²) in [4.78, 5) is 11.2. The molecule has 0 saturated carbocycles. The molecule has 7 heteroatoms. The van der Waals surface area contributed by atoms with Crippen molar-refractivity contribution in [2.45, 2.75) is 26.1 Å². The molecule has 0 saturated heterocycles. The number of alkyl halides is 3. The van der Waals surface area contributed by atoms with Crippen molar-refractivity contribution < 1.29 is 27.2 Å². The van der Waals surface area contributed by atoms with Gasteiger partial charge >= 0.3 is 6.36 Å². The standard InChI is InChI=1S/C14H12F3NO3/c1-8(2)13-10(7-19)12(18-21-13)9-5-3-4-6-11(9)20-14(15,16)17/h3-8H,1-2H3. The van der Waals surface area contributed by atoms with Gasteiger partial charge in [0.1, 0.15) is 17.2 Å². The lowest BCUT2D eigenvalue weighted by Crippen LogP contribution is -2.17. The zero-order valence-corrected chi connectivity index (χ0v) is 11.3. The molecule has 0 aliphatic heterocycles. The van der Waals surface area contributed by atoms with Crippen LogP contribution in [-0.4, -0.2) is 17.8 Å². The summed E-state index contributed by atoms with van der Waals surface area (Å²) in [6.07, 6.45) is -4.31. The summed E-state index contributed by atoms with van der Waals surface area (Å²) < 4.78 is 46.3. The zero-order chi connectivity index (χ0) is 15.6. The molecule has 0 bridgehead atoms. The molecular weight excluding hydrogens is 287 g/mol. The highest BCUT2D eigenvalue weighted by Crippen LogP contribution is 2.36. The van der Waals surface area contributed by atoms with Gasteiger partial charge in [-0.25, -0.2) is 0 Å². The number of carbonyl (C=O) groups excluding carboxylic acids is 1. The Bertz CT molecular complexity index is 647. The number of rotatable bonds is 4. The summed E-state index contributed by atoms with van der Waals surface area (Å²) in [5.74, 6) is -0.235. The van der Waals surface area contributed by atoms with E-state index in [1.54, 1.807) is 13.8 Å². The summed E-state index contributed by atoms with van der Waals surface area (Å²) in [6.45, 7) is 3.57. The van der Waals surface area contributed by atoms with Crippen molar-refractivity contribution in [1.82, 2.24) is 5.16 Å². The van der Waals surface area contributed by atoms with Gasteiger partial charge in [-0.1, -0.05) is 31.1 Å². The van der Waals surface area contributed by atoms with E-state index in [4.69, 9.17) is 4.52 Å². The van der Waals surface area contributed by atoms with Gasteiger partial charge in [0.2, 0.25) is 0 Å². The van der Waals surface area contributed by atoms with Gasteiger partial charge in [-0.05, 0) is 12.1 Å². The molecule has 0 aliphatic carbocycles. The average Bonchev–Trinajstić information content (AvgIpc) is 2.81. The smallest absolute Gasteiger partial charge is 0.405 e. The number of nitrogens with zero attached hydrogens (tertiary/aromatic N) is 1. The van der Waals surface area contributed by atoms with Crippen LogP contribution >= 0.6 is 0 Å². The minimum Gasteiger partial charge on any atom is -0.405 e. The van der Waals surface area contributed by atoms with Gasteiger partial charge in [0, 0.05) is 11.5 Å². The molecule has 21 heavy (non-hydrogen) atoms. The maximum atomic E-state index is 12.4. The molecule has 0 fully saturated rings. The first kappa shape index (κ1) is 15.1. The van der Waals surface area contributed by atoms with Crippen molar-refractivity contribution >= 4 is 6.29 Å². The topological polar surface area (TPSA) is 52.3 Å². The van der Waals surface area contributed by atoms with Crippen LogP contribution in [0.2, 0.25) is 0 Å². The summed E-state index contributed by atoms with van der Waals surface area (Å²) in [5.41, 5.74) is 0.212. The van der Waals surface area contributed by atoms with Gasteiger partial charge in [-0.15, -0.1) is 13.2 Å². The van der Waals surface area contributed by atoms with Gasteiger partial charge in [0.25, 0.3) is 0 Å². The highest BCUT2D eigenvalue weighted by molar-refractivity contribution is 5.88. The molecular formula is C14H12F3NO3. The molecule has 0 atom stereocenters. The third kappa shape index (κ3) is 3.24. The number of para-hydroxylation sites is 1. The van der Waals surface area contributed by atoms with Gasteiger partial charge in [0.05, 0.1) is 5.56 Å². The summed E-state index contributed by atoms with van der Waals surface area (Å²) in [5, 5.41) is 3.72. The Morgan fingerprint density at radius 3 is 2.52 bits per heavy atom. The van der Waals surface area contributed by atoms with Crippen molar-refractivity contribution in [3.63, 3.8) is 0 Å². The van der Waals surface area contributed by atoms with E-state index in [9.17, 15) is 18.0 Å². The molecule has 4 nitrogen and oxygen atoms in total. The molecule has 0 amide bonds. The molecule has 112 valence electrons. The minimum atomic E-state index is -4.83. The second-order valence-electron chi connectivity index (χ2n) is 4.63. The van der Waals surface area contributed by atoms with E-state index >= 15 is 0 Å². The predicted molar refractivity (Wildman–Crippen MR) is 68.1 cm³/mol. The van der Waals surface area contributed by atoms with E-state index < -0.39 is 12.1 Å². The van der Waals surface area contributed by atoms with E-state index in [1.165, 1.54) is 18.2 Å². The van der Waals surface area contributed by atoms with Crippen LogP contribution in [0.3, 0.4) is 0 Å². The van der Waals surface area contributed by atoms with Crippen LogP contribution in [0, 0.1) is 0 Å². The number of benzene rings is 1. The first-order valence-corrected chi connectivity index (χ1v) is 6.13. The van der Waals surface area contributed by atoms with Crippen molar-refractivity contribution in [2.75, 3.05) is 0 Å².